The Hall–Kier alpha value is -1.98. The fourth-order valence-electron chi connectivity index (χ4n) is 2.60. The third-order valence-electron chi connectivity index (χ3n) is 3.90. The minimum atomic E-state index is -0.492. The van der Waals surface area contributed by atoms with E-state index in [1.165, 1.54) is 0 Å². The predicted molar refractivity (Wildman–Crippen MR) is 88.5 cm³/mol. The Balaban J connectivity index is 1.57. The first kappa shape index (κ1) is 16.9. The summed E-state index contributed by atoms with van der Waals surface area (Å²) in [5.41, 5.74) is 0.561. The Morgan fingerprint density at radius 2 is 2.00 bits per heavy atom. The summed E-state index contributed by atoms with van der Waals surface area (Å²) >= 11 is 12.1. The molecular formula is C17H15Cl2NO4. The van der Waals surface area contributed by atoms with E-state index in [1.807, 2.05) is 0 Å². The van der Waals surface area contributed by atoms with Crippen LogP contribution in [0.3, 0.4) is 0 Å². The van der Waals surface area contributed by atoms with Crippen LogP contribution in [-0.2, 0) is 27.5 Å². The van der Waals surface area contributed by atoms with Crippen molar-refractivity contribution < 1.29 is 18.7 Å². The molecule has 0 aliphatic carbocycles. The summed E-state index contributed by atoms with van der Waals surface area (Å²) in [4.78, 5) is 25.8. The van der Waals surface area contributed by atoms with Crippen LogP contribution in [0.1, 0.15) is 17.7 Å². The van der Waals surface area contributed by atoms with Crippen molar-refractivity contribution in [3.05, 3.63) is 58.0 Å². The molecule has 0 unspecified atom stereocenters. The lowest BCUT2D eigenvalue weighted by molar-refractivity contribution is -0.149. The van der Waals surface area contributed by atoms with Gasteiger partial charge in [0.25, 0.3) is 0 Å². The van der Waals surface area contributed by atoms with Crippen LogP contribution in [0, 0.1) is 5.92 Å². The molecule has 7 heteroatoms. The third kappa shape index (κ3) is 3.74. The van der Waals surface area contributed by atoms with E-state index >= 15 is 0 Å². The SMILES string of the molecule is O=C(OCc1c(Cl)cccc1Cl)[C@H]1CC(=O)N(Cc2ccco2)C1. The number of rotatable bonds is 5. The molecule has 1 fully saturated rings. The Bertz CT molecular complexity index is 725. The van der Waals surface area contributed by atoms with E-state index in [4.69, 9.17) is 32.4 Å². The zero-order valence-corrected chi connectivity index (χ0v) is 14.2. The summed E-state index contributed by atoms with van der Waals surface area (Å²) in [6.45, 7) is 0.654. The van der Waals surface area contributed by atoms with Gasteiger partial charge in [-0.3, -0.25) is 9.59 Å². The molecule has 1 aromatic heterocycles. The molecule has 1 aromatic carbocycles. The van der Waals surface area contributed by atoms with Gasteiger partial charge >= 0.3 is 5.97 Å². The average molecular weight is 368 g/mol. The number of benzene rings is 1. The number of hydrogen-bond donors (Lipinski definition) is 0. The Labute approximate surface area is 149 Å². The lowest BCUT2D eigenvalue weighted by Gasteiger charge is -2.15. The standard InChI is InChI=1S/C17H15Cl2NO4/c18-14-4-1-5-15(19)13(14)10-24-17(22)11-7-16(21)20(8-11)9-12-3-2-6-23-12/h1-6,11H,7-10H2/t11-/m0/s1. The Kier molecular flexibility index (Phi) is 5.11. The van der Waals surface area contributed by atoms with Gasteiger partial charge in [-0.05, 0) is 24.3 Å². The maximum Gasteiger partial charge on any atom is 0.311 e. The zero-order valence-electron chi connectivity index (χ0n) is 12.7. The number of amides is 1. The van der Waals surface area contributed by atoms with Crippen molar-refractivity contribution in [1.29, 1.82) is 0 Å². The van der Waals surface area contributed by atoms with Crippen molar-refractivity contribution in [2.75, 3.05) is 6.54 Å². The van der Waals surface area contributed by atoms with E-state index in [9.17, 15) is 9.59 Å². The van der Waals surface area contributed by atoms with Gasteiger partial charge in [-0.2, -0.15) is 0 Å². The van der Waals surface area contributed by atoms with Crippen LogP contribution in [0.25, 0.3) is 0 Å². The first-order valence-corrected chi connectivity index (χ1v) is 8.20. The number of furan rings is 1. The van der Waals surface area contributed by atoms with Crippen LogP contribution in [0.2, 0.25) is 10.0 Å². The molecule has 1 aliphatic heterocycles. The number of hydrogen-bond acceptors (Lipinski definition) is 4. The number of ether oxygens (including phenoxy) is 1. The molecule has 0 N–H and O–H groups in total. The lowest BCUT2D eigenvalue weighted by atomic mass is 10.1. The quantitative estimate of drug-likeness (QED) is 0.756. The maximum absolute atomic E-state index is 12.2. The van der Waals surface area contributed by atoms with Crippen LogP contribution in [-0.4, -0.2) is 23.3 Å². The van der Waals surface area contributed by atoms with E-state index in [-0.39, 0.29) is 18.9 Å². The molecule has 0 saturated carbocycles. The second kappa shape index (κ2) is 7.28. The summed E-state index contributed by atoms with van der Waals surface area (Å²) in [5, 5.41) is 0.884. The molecule has 1 aliphatic rings. The van der Waals surface area contributed by atoms with E-state index in [0.717, 1.165) is 0 Å². The van der Waals surface area contributed by atoms with Crippen LogP contribution in [0.15, 0.2) is 41.0 Å². The second-order valence-corrected chi connectivity index (χ2v) is 6.38. The summed E-state index contributed by atoms with van der Waals surface area (Å²) in [6, 6.07) is 8.63. The van der Waals surface area contributed by atoms with Crippen LogP contribution >= 0.6 is 23.2 Å². The van der Waals surface area contributed by atoms with Gasteiger partial charge in [-0.25, -0.2) is 0 Å². The molecule has 5 nitrogen and oxygen atoms in total. The van der Waals surface area contributed by atoms with E-state index in [0.29, 0.717) is 34.5 Å². The zero-order chi connectivity index (χ0) is 17.1. The first-order valence-electron chi connectivity index (χ1n) is 7.44. The summed E-state index contributed by atoms with van der Waals surface area (Å²) < 4.78 is 10.5. The molecule has 1 saturated heterocycles. The minimum absolute atomic E-state index is 0.0137. The largest absolute Gasteiger partial charge is 0.467 e. The number of esters is 1. The number of carbonyl (C=O) groups excluding carboxylic acids is 2. The van der Waals surface area contributed by atoms with Gasteiger partial charge in [-0.1, -0.05) is 29.3 Å². The summed E-state index contributed by atoms with van der Waals surface area (Å²) in [6.07, 6.45) is 1.69. The van der Waals surface area contributed by atoms with Crippen molar-refractivity contribution >= 4 is 35.1 Å². The molecule has 126 valence electrons. The molecular weight excluding hydrogens is 353 g/mol. The van der Waals surface area contributed by atoms with Crippen LogP contribution in [0.4, 0.5) is 0 Å². The maximum atomic E-state index is 12.2. The second-order valence-electron chi connectivity index (χ2n) is 5.56. The van der Waals surface area contributed by atoms with Crippen molar-refractivity contribution in [2.45, 2.75) is 19.6 Å². The number of carbonyl (C=O) groups is 2. The summed E-state index contributed by atoms with van der Waals surface area (Å²) in [7, 11) is 0. The number of nitrogens with zero attached hydrogens (tertiary/aromatic N) is 1. The monoisotopic (exact) mass is 367 g/mol. The summed E-state index contributed by atoms with van der Waals surface area (Å²) in [5.74, 6) is -0.334. The molecule has 1 atom stereocenters. The fourth-order valence-corrected chi connectivity index (χ4v) is 3.11. The van der Waals surface area contributed by atoms with Crippen LogP contribution in [0.5, 0.6) is 0 Å². The van der Waals surface area contributed by atoms with Crippen molar-refractivity contribution in [1.82, 2.24) is 4.90 Å². The molecule has 2 heterocycles. The predicted octanol–water partition coefficient (Wildman–Crippen LogP) is 3.68. The van der Waals surface area contributed by atoms with E-state index in [1.54, 1.807) is 41.5 Å². The fraction of sp³-hybridized carbons (Fsp3) is 0.294. The van der Waals surface area contributed by atoms with Crippen molar-refractivity contribution in [3.8, 4) is 0 Å². The normalized spacial score (nSPS) is 17.3. The van der Waals surface area contributed by atoms with Gasteiger partial charge in [0, 0.05) is 28.6 Å². The Morgan fingerprint density at radius 1 is 1.25 bits per heavy atom. The minimum Gasteiger partial charge on any atom is -0.467 e. The van der Waals surface area contributed by atoms with Gasteiger partial charge in [0.15, 0.2) is 0 Å². The molecule has 3 rings (SSSR count). The molecule has 0 bridgehead atoms. The highest BCUT2D eigenvalue weighted by Gasteiger charge is 2.35. The lowest BCUT2D eigenvalue weighted by Crippen LogP contribution is -2.26. The average Bonchev–Trinajstić information content (AvgIpc) is 3.17. The van der Waals surface area contributed by atoms with Crippen molar-refractivity contribution in [3.63, 3.8) is 0 Å². The smallest absolute Gasteiger partial charge is 0.311 e. The van der Waals surface area contributed by atoms with E-state index < -0.39 is 11.9 Å². The number of halogens is 2. The first-order chi connectivity index (χ1) is 11.5. The van der Waals surface area contributed by atoms with Crippen LogP contribution < -0.4 is 0 Å². The van der Waals surface area contributed by atoms with Gasteiger partial charge in [0.2, 0.25) is 5.91 Å². The van der Waals surface area contributed by atoms with Gasteiger partial charge in [0.05, 0.1) is 18.7 Å². The Morgan fingerprint density at radius 3 is 2.67 bits per heavy atom. The molecule has 1 amide bonds. The molecule has 0 radical (unpaired) electrons. The molecule has 2 aromatic rings. The topological polar surface area (TPSA) is 59.8 Å². The molecule has 24 heavy (non-hydrogen) atoms. The molecule has 0 spiro atoms. The highest BCUT2D eigenvalue weighted by molar-refractivity contribution is 6.35. The van der Waals surface area contributed by atoms with E-state index in [2.05, 4.69) is 0 Å². The van der Waals surface area contributed by atoms with Gasteiger partial charge < -0.3 is 14.1 Å². The number of likely N-dealkylation sites (tertiary alicyclic amines) is 1. The highest BCUT2D eigenvalue weighted by atomic mass is 35.5. The highest BCUT2D eigenvalue weighted by Crippen LogP contribution is 2.26. The van der Waals surface area contributed by atoms with Gasteiger partial charge in [0.1, 0.15) is 12.4 Å². The third-order valence-corrected chi connectivity index (χ3v) is 4.60. The van der Waals surface area contributed by atoms with Gasteiger partial charge in [-0.15, -0.1) is 0 Å². The van der Waals surface area contributed by atoms with Crippen molar-refractivity contribution in [2.24, 2.45) is 5.92 Å².